The number of hydrogen-bond acceptors (Lipinski definition) is 8. The summed E-state index contributed by atoms with van der Waals surface area (Å²) in [7, 11) is 0. The summed E-state index contributed by atoms with van der Waals surface area (Å²) in [5, 5.41) is 13.5. The lowest BCUT2D eigenvalue weighted by atomic mass is 10.0. The van der Waals surface area contributed by atoms with E-state index in [2.05, 4.69) is 50.3 Å². The van der Waals surface area contributed by atoms with Crippen LogP contribution in [-0.2, 0) is 16.1 Å². The minimum atomic E-state index is -0.875. The number of aromatic nitrogens is 2. The SMILES string of the molecule is CC(C)c1ccc(N2C(=O)C3N=NN(Cc4nc(-c5cccc(Br)c5)no4)C3C2=O)cc1. The Balaban J connectivity index is 1.35. The molecule has 2 aromatic carbocycles. The van der Waals surface area contributed by atoms with Gasteiger partial charge in [-0.15, -0.1) is 0 Å². The molecule has 0 aliphatic carbocycles. The summed E-state index contributed by atoms with van der Waals surface area (Å²) >= 11 is 3.42. The molecule has 162 valence electrons. The lowest BCUT2D eigenvalue weighted by molar-refractivity contribution is -0.123. The molecular weight excluding hydrogens is 476 g/mol. The number of carbonyl (C=O) groups excluding carboxylic acids is 2. The van der Waals surface area contributed by atoms with Gasteiger partial charge in [0.25, 0.3) is 11.8 Å². The number of hydrogen-bond donors (Lipinski definition) is 0. The van der Waals surface area contributed by atoms with Crippen molar-refractivity contribution in [2.75, 3.05) is 4.90 Å². The monoisotopic (exact) mass is 494 g/mol. The van der Waals surface area contributed by atoms with Crippen molar-refractivity contribution in [1.29, 1.82) is 0 Å². The molecule has 2 aliphatic heterocycles. The van der Waals surface area contributed by atoms with E-state index in [1.807, 2.05) is 36.4 Å². The fourth-order valence-corrected chi connectivity index (χ4v) is 4.22. The van der Waals surface area contributed by atoms with Gasteiger partial charge in [0.15, 0.2) is 12.1 Å². The van der Waals surface area contributed by atoms with Crippen LogP contribution in [0.3, 0.4) is 0 Å². The molecule has 1 fully saturated rings. The van der Waals surface area contributed by atoms with Crippen molar-refractivity contribution in [3.05, 3.63) is 64.5 Å². The van der Waals surface area contributed by atoms with Gasteiger partial charge in [-0.1, -0.05) is 64.4 Å². The molecule has 0 bridgehead atoms. The molecule has 2 atom stereocenters. The molecule has 0 saturated carbocycles. The van der Waals surface area contributed by atoms with Crippen LogP contribution >= 0.6 is 15.9 Å². The van der Waals surface area contributed by atoms with Crippen molar-refractivity contribution in [3.8, 4) is 11.4 Å². The summed E-state index contributed by atoms with van der Waals surface area (Å²) in [4.78, 5) is 31.6. The van der Waals surface area contributed by atoms with E-state index in [9.17, 15) is 9.59 Å². The number of carbonyl (C=O) groups is 2. The van der Waals surface area contributed by atoms with E-state index < -0.39 is 12.1 Å². The van der Waals surface area contributed by atoms with E-state index >= 15 is 0 Å². The maximum Gasteiger partial charge on any atom is 0.263 e. The van der Waals surface area contributed by atoms with Crippen LogP contribution in [0, 0.1) is 0 Å². The summed E-state index contributed by atoms with van der Waals surface area (Å²) in [6.45, 7) is 4.25. The molecule has 5 rings (SSSR count). The Morgan fingerprint density at radius 1 is 1.09 bits per heavy atom. The molecule has 9 nitrogen and oxygen atoms in total. The van der Waals surface area contributed by atoms with Gasteiger partial charge in [0.2, 0.25) is 11.7 Å². The number of anilines is 1. The fourth-order valence-electron chi connectivity index (χ4n) is 3.82. The molecule has 3 aromatic rings. The second kappa shape index (κ2) is 7.94. The van der Waals surface area contributed by atoms with Gasteiger partial charge < -0.3 is 4.52 Å². The Kier molecular flexibility index (Phi) is 5.09. The first kappa shape index (κ1) is 20.5. The molecule has 2 aliphatic rings. The average Bonchev–Trinajstić information content (AvgIpc) is 3.47. The standard InChI is InChI=1S/C22H19BrN6O3/c1-12(2)13-6-8-16(9-7-13)29-21(30)18-19(22(29)31)28(27-25-18)11-17-24-20(26-32-17)14-4-3-5-15(23)10-14/h3-10,12,18-19H,11H2,1-2H3. The molecule has 10 heteroatoms. The van der Waals surface area contributed by atoms with E-state index in [-0.39, 0.29) is 24.2 Å². The van der Waals surface area contributed by atoms with Crippen molar-refractivity contribution in [2.24, 2.45) is 10.3 Å². The highest BCUT2D eigenvalue weighted by Gasteiger charge is 2.55. The predicted molar refractivity (Wildman–Crippen MR) is 118 cm³/mol. The van der Waals surface area contributed by atoms with Crippen LogP contribution in [0.2, 0.25) is 0 Å². The van der Waals surface area contributed by atoms with Crippen LogP contribution in [-0.4, -0.2) is 39.0 Å². The summed E-state index contributed by atoms with van der Waals surface area (Å²) in [5.74, 6) is 0.307. The third-order valence-corrected chi connectivity index (χ3v) is 6.02. The molecule has 0 spiro atoms. The first-order valence-corrected chi connectivity index (χ1v) is 11.0. The molecule has 2 unspecified atom stereocenters. The zero-order chi connectivity index (χ0) is 22.4. The molecular formula is C22H19BrN6O3. The molecule has 1 saturated heterocycles. The van der Waals surface area contributed by atoms with E-state index in [1.165, 1.54) is 9.91 Å². The van der Waals surface area contributed by atoms with Gasteiger partial charge in [0.1, 0.15) is 6.54 Å². The number of amides is 2. The maximum atomic E-state index is 13.2. The second-order valence-electron chi connectivity index (χ2n) is 7.97. The Morgan fingerprint density at radius 2 is 1.88 bits per heavy atom. The van der Waals surface area contributed by atoms with Gasteiger partial charge in [-0.25, -0.2) is 4.90 Å². The van der Waals surface area contributed by atoms with Gasteiger partial charge >= 0.3 is 0 Å². The van der Waals surface area contributed by atoms with E-state index in [1.54, 1.807) is 12.1 Å². The minimum absolute atomic E-state index is 0.0742. The van der Waals surface area contributed by atoms with E-state index in [4.69, 9.17) is 4.52 Å². The Labute approximate surface area is 192 Å². The highest BCUT2D eigenvalue weighted by molar-refractivity contribution is 9.10. The van der Waals surface area contributed by atoms with Crippen LogP contribution < -0.4 is 4.90 Å². The van der Waals surface area contributed by atoms with Crippen molar-refractivity contribution >= 4 is 33.4 Å². The molecule has 3 heterocycles. The van der Waals surface area contributed by atoms with Gasteiger partial charge in [-0.3, -0.25) is 14.6 Å². The number of benzene rings is 2. The highest BCUT2D eigenvalue weighted by Crippen LogP contribution is 2.33. The van der Waals surface area contributed by atoms with Crippen molar-refractivity contribution < 1.29 is 14.1 Å². The second-order valence-corrected chi connectivity index (χ2v) is 8.89. The van der Waals surface area contributed by atoms with Gasteiger partial charge in [0, 0.05) is 10.0 Å². The number of nitrogens with zero attached hydrogens (tertiary/aromatic N) is 6. The van der Waals surface area contributed by atoms with E-state index in [0.717, 1.165) is 15.6 Å². The Morgan fingerprint density at radius 3 is 2.59 bits per heavy atom. The summed E-state index contributed by atoms with van der Waals surface area (Å²) in [5.41, 5.74) is 2.45. The summed E-state index contributed by atoms with van der Waals surface area (Å²) in [6, 6.07) is 13.2. The maximum absolute atomic E-state index is 13.2. The van der Waals surface area contributed by atoms with Gasteiger partial charge in [0.05, 0.1) is 5.69 Å². The van der Waals surface area contributed by atoms with Crippen LogP contribution in [0.25, 0.3) is 11.4 Å². The number of fused-ring (bicyclic) bond motifs is 1. The van der Waals surface area contributed by atoms with Gasteiger partial charge in [-0.05, 0) is 35.7 Å². The average molecular weight is 495 g/mol. The quantitative estimate of drug-likeness (QED) is 0.494. The van der Waals surface area contributed by atoms with Gasteiger partial charge in [-0.2, -0.15) is 10.1 Å². The van der Waals surface area contributed by atoms with E-state index in [0.29, 0.717) is 17.4 Å². The normalized spacial score (nSPS) is 20.0. The fraction of sp³-hybridized carbons (Fsp3) is 0.273. The van der Waals surface area contributed by atoms with Crippen molar-refractivity contribution in [1.82, 2.24) is 15.1 Å². The minimum Gasteiger partial charge on any atom is -0.337 e. The first-order valence-electron chi connectivity index (χ1n) is 10.2. The molecule has 0 N–H and O–H groups in total. The third kappa shape index (κ3) is 3.50. The van der Waals surface area contributed by atoms with Crippen molar-refractivity contribution in [2.45, 2.75) is 38.4 Å². The number of rotatable bonds is 5. The van der Waals surface area contributed by atoms with Crippen molar-refractivity contribution in [3.63, 3.8) is 0 Å². The number of imide groups is 1. The summed E-state index contributed by atoms with van der Waals surface area (Å²) in [6.07, 6.45) is 0. The zero-order valence-electron chi connectivity index (χ0n) is 17.3. The molecule has 1 aromatic heterocycles. The zero-order valence-corrected chi connectivity index (χ0v) is 18.9. The molecule has 0 radical (unpaired) electrons. The smallest absolute Gasteiger partial charge is 0.263 e. The Hall–Kier alpha value is -3.40. The largest absolute Gasteiger partial charge is 0.337 e. The highest BCUT2D eigenvalue weighted by atomic mass is 79.9. The number of halogens is 1. The van der Waals surface area contributed by atoms with Crippen LogP contribution in [0.1, 0.15) is 31.2 Å². The Bertz CT molecular complexity index is 1220. The molecule has 2 amide bonds. The topological polar surface area (TPSA) is 104 Å². The lowest BCUT2D eigenvalue weighted by Crippen LogP contribution is -2.39. The predicted octanol–water partition coefficient (Wildman–Crippen LogP) is 4.12. The van der Waals surface area contributed by atoms with Crippen LogP contribution in [0.15, 0.2) is 67.9 Å². The summed E-state index contributed by atoms with van der Waals surface area (Å²) < 4.78 is 6.25. The van der Waals surface area contributed by atoms with Crippen LogP contribution in [0.4, 0.5) is 5.69 Å². The lowest BCUT2D eigenvalue weighted by Gasteiger charge is -2.19. The molecule has 32 heavy (non-hydrogen) atoms. The first-order chi connectivity index (χ1) is 15.4. The van der Waals surface area contributed by atoms with Crippen LogP contribution in [0.5, 0.6) is 0 Å². The third-order valence-electron chi connectivity index (χ3n) is 5.52.